The Morgan fingerprint density at radius 2 is 1.96 bits per heavy atom. The average molecular weight is 461 g/mol. The summed E-state index contributed by atoms with van der Waals surface area (Å²) in [6, 6.07) is 9.96. The highest BCUT2D eigenvalue weighted by molar-refractivity contribution is 14.0. The molecule has 0 saturated carbocycles. The Hall–Kier alpha value is -1.90. The fraction of sp³-hybridized carbons (Fsp3) is 0.278. The molecule has 136 valence electrons. The zero-order valence-electron chi connectivity index (χ0n) is 14.1. The van der Waals surface area contributed by atoms with E-state index in [9.17, 15) is 13.9 Å². The number of nitrogens with zero attached hydrogens (tertiary/aromatic N) is 1. The molecule has 4 nitrogen and oxygen atoms in total. The topological polar surface area (TPSA) is 56.7 Å². The number of hydrogen-bond acceptors (Lipinski definition) is 2. The third kappa shape index (κ3) is 6.49. The van der Waals surface area contributed by atoms with Crippen LogP contribution >= 0.6 is 24.0 Å². The molecule has 0 aliphatic heterocycles. The van der Waals surface area contributed by atoms with E-state index in [1.807, 2.05) is 13.0 Å². The highest BCUT2D eigenvalue weighted by atomic mass is 127. The first kappa shape index (κ1) is 21.1. The van der Waals surface area contributed by atoms with E-state index in [0.29, 0.717) is 24.6 Å². The van der Waals surface area contributed by atoms with Gasteiger partial charge in [0.25, 0.3) is 0 Å². The molecule has 0 spiro atoms. The molecule has 2 aromatic carbocycles. The third-order valence-corrected chi connectivity index (χ3v) is 3.46. The van der Waals surface area contributed by atoms with Gasteiger partial charge in [-0.05, 0) is 37.6 Å². The molecule has 25 heavy (non-hydrogen) atoms. The van der Waals surface area contributed by atoms with Crippen LogP contribution in [0.1, 0.15) is 31.0 Å². The number of guanidine groups is 1. The fourth-order valence-electron chi connectivity index (χ4n) is 2.28. The molecule has 0 saturated heterocycles. The van der Waals surface area contributed by atoms with Crippen LogP contribution in [0.3, 0.4) is 0 Å². The number of aliphatic imine (C=N–C) groups is 1. The SMILES string of the molecule is CCNC(=NCc1cccc(O)c1)NC(C)c1ccc(F)cc1F.I. The molecule has 1 unspecified atom stereocenters. The van der Waals surface area contributed by atoms with Crippen molar-refractivity contribution in [1.82, 2.24) is 10.6 Å². The summed E-state index contributed by atoms with van der Waals surface area (Å²) < 4.78 is 26.9. The normalized spacial score (nSPS) is 12.2. The van der Waals surface area contributed by atoms with Gasteiger partial charge in [0.1, 0.15) is 17.4 Å². The number of nitrogens with one attached hydrogen (secondary N) is 2. The second kappa shape index (κ2) is 10.2. The van der Waals surface area contributed by atoms with Crippen LogP contribution in [0.15, 0.2) is 47.5 Å². The van der Waals surface area contributed by atoms with Gasteiger partial charge in [0.2, 0.25) is 0 Å². The largest absolute Gasteiger partial charge is 0.508 e. The van der Waals surface area contributed by atoms with Crippen LogP contribution in [-0.2, 0) is 6.54 Å². The zero-order valence-corrected chi connectivity index (χ0v) is 16.4. The lowest BCUT2D eigenvalue weighted by atomic mass is 10.1. The van der Waals surface area contributed by atoms with Crippen molar-refractivity contribution in [2.24, 2.45) is 4.99 Å². The lowest BCUT2D eigenvalue weighted by Gasteiger charge is -2.18. The average Bonchev–Trinajstić information content (AvgIpc) is 2.52. The summed E-state index contributed by atoms with van der Waals surface area (Å²) >= 11 is 0. The number of hydrogen-bond donors (Lipinski definition) is 3. The molecular formula is C18H22F2IN3O. The first-order valence-corrected chi connectivity index (χ1v) is 7.77. The molecule has 1 atom stereocenters. The van der Waals surface area contributed by atoms with Crippen molar-refractivity contribution in [3.05, 3.63) is 65.2 Å². The Morgan fingerprint density at radius 3 is 2.60 bits per heavy atom. The van der Waals surface area contributed by atoms with E-state index in [1.54, 1.807) is 25.1 Å². The highest BCUT2D eigenvalue weighted by Crippen LogP contribution is 2.17. The van der Waals surface area contributed by atoms with Crippen LogP contribution < -0.4 is 10.6 Å². The predicted molar refractivity (Wildman–Crippen MR) is 106 cm³/mol. The standard InChI is InChI=1S/C18H21F2N3O.HI/c1-3-21-18(22-11-13-5-4-6-15(24)9-13)23-12(2)16-8-7-14(19)10-17(16)20;/h4-10,12,24H,3,11H2,1-2H3,(H2,21,22,23);1H. The maximum Gasteiger partial charge on any atom is 0.192 e. The quantitative estimate of drug-likeness (QED) is 0.357. The van der Waals surface area contributed by atoms with Crippen molar-refractivity contribution in [2.45, 2.75) is 26.4 Å². The maximum atomic E-state index is 13.9. The van der Waals surface area contributed by atoms with Gasteiger partial charge in [-0.25, -0.2) is 13.8 Å². The monoisotopic (exact) mass is 461 g/mol. The molecule has 0 aliphatic carbocycles. The Kier molecular flexibility index (Phi) is 8.60. The van der Waals surface area contributed by atoms with Crippen molar-refractivity contribution < 1.29 is 13.9 Å². The first-order valence-electron chi connectivity index (χ1n) is 7.77. The molecule has 2 aromatic rings. The second-order valence-electron chi connectivity index (χ2n) is 5.40. The van der Waals surface area contributed by atoms with Crippen LogP contribution in [0.2, 0.25) is 0 Å². The Morgan fingerprint density at radius 1 is 1.20 bits per heavy atom. The summed E-state index contributed by atoms with van der Waals surface area (Å²) in [5, 5.41) is 15.6. The summed E-state index contributed by atoms with van der Waals surface area (Å²) in [6.45, 7) is 4.71. The van der Waals surface area contributed by atoms with E-state index < -0.39 is 11.6 Å². The number of aromatic hydroxyl groups is 1. The lowest BCUT2D eigenvalue weighted by molar-refractivity contribution is 0.474. The second-order valence-corrected chi connectivity index (χ2v) is 5.40. The minimum absolute atomic E-state index is 0. The minimum atomic E-state index is -0.604. The van der Waals surface area contributed by atoms with E-state index >= 15 is 0 Å². The molecule has 0 aromatic heterocycles. The molecular weight excluding hydrogens is 439 g/mol. The molecule has 2 rings (SSSR count). The number of halogens is 3. The number of phenolic OH excluding ortho intramolecular Hbond substituents is 1. The minimum Gasteiger partial charge on any atom is -0.508 e. The number of benzene rings is 2. The van der Waals surface area contributed by atoms with Gasteiger partial charge >= 0.3 is 0 Å². The van der Waals surface area contributed by atoms with Gasteiger partial charge in [-0.15, -0.1) is 24.0 Å². The van der Waals surface area contributed by atoms with E-state index in [0.717, 1.165) is 11.6 Å². The van der Waals surface area contributed by atoms with E-state index in [-0.39, 0.29) is 35.8 Å². The number of phenols is 1. The summed E-state index contributed by atoms with van der Waals surface area (Å²) in [7, 11) is 0. The van der Waals surface area contributed by atoms with Crippen LogP contribution in [0.25, 0.3) is 0 Å². The maximum absolute atomic E-state index is 13.9. The fourth-order valence-corrected chi connectivity index (χ4v) is 2.28. The Bertz CT molecular complexity index is 725. The van der Waals surface area contributed by atoms with Crippen molar-refractivity contribution in [1.29, 1.82) is 0 Å². The van der Waals surface area contributed by atoms with Gasteiger partial charge in [-0.3, -0.25) is 0 Å². The van der Waals surface area contributed by atoms with Gasteiger partial charge in [0.15, 0.2) is 5.96 Å². The summed E-state index contributed by atoms with van der Waals surface area (Å²) in [4.78, 5) is 4.42. The molecule has 0 fully saturated rings. The van der Waals surface area contributed by atoms with Crippen molar-refractivity contribution in [2.75, 3.05) is 6.54 Å². The van der Waals surface area contributed by atoms with Gasteiger partial charge in [-0.2, -0.15) is 0 Å². The summed E-state index contributed by atoms with van der Waals surface area (Å²) in [5.74, 6) is -0.508. The van der Waals surface area contributed by atoms with Gasteiger partial charge < -0.3 is 15.7 Å². The smallest absolute Gasteiger partial charge is 0.192 e. The molecule has 0 radical (unpaired) electrons. The first-order chi connectivity index (χ1) is 11.5. The van der Waals surface area contributed by atoms with Crippen molar-refractivity contribution in [3.63, 3.8) is 0 Å². The van der Waals surface area contributed by atoms with Crippen LogP contribution in [0.4, 0.5) is 8.78 Å². The van der Waals surface area contributed by atoms with Gasteiger partial charge in [0, 0.05) is 18.2 Å². The van der Waals surface area contributed by atoms with Gasteiger partial charge in [0.05, 0.1) is 12.6 Å². The predicted octanol–water partition coefficient (Wildman–Crippen LogP) is 4.10. The summed E-state index contributed by atoms with van der Waals surface area (Å²) in [5.41, 5.74) is 1.21. The highest BCUT2D eigenvalue weighted by Gasteiger charge is 2.13. The van der Waals surface area contributed by atoms with Crippen LogP contribution in [0.5, 0.6) is 5.75 Å². The molecule has 0 bridgehead atoms. The van der Waals surface area contributed by atoms with E-state index in [2.05, 4.69) is 15.6 Å². The summed E-state index contributed by atoms with van der Waals surface area (Å²) in [6.07, 6.45) is 0. The van der Waals surface area contributed by atoms with E-state index in [1.165, 1.54) is 12.1 Å². The van der Waals surface area contributed by atoms with Crippen molar-refractivity contribution in [3.8, 4) is 5.75 Å². The van der Waals surface area contributed by atoms with E-state index in [4.69, 9.17) is 0 Å². The Balaban J connectivity index is 0.00000312. The molecule has 3 N–H and O–H groups in total. The molecule has 0 heterocycles. The van der Waals surface area contributed by atoms with Crippen molar-refractivity contribution >= 4 is 29.9 Å². The van der Waals surface area contributed by atoms with Crippen LogP contribution in [-0.4, -0.2) is 17.6 Å². The molecule has 7 heteroatoms. The van der Waals surface area contributed by atoms with Crippen LogP contribution in [0, 0.1) is 11.6 Å². The number of rotatable bonds is 5. The molecule has 0 aliphatic rings. The Labute approximate surface area is 163 Å². The van der Waals surface area contributed by atoms with Gasteiger partial charge in [-0.1, -0.05) is 18.2 Å². The third-order valence-electron chi connectivity index (χ3n) is 3.46. The lowest BCUT2D eigenvalue weighted by Crippen LogP contribution is -2.39. The molecule has 0 amide bonds. The zero-order chi connectivity index (χ0) is 17.5.